The number of carboxylic acid groups (broad SMARTS) is 1. The Bertz CT molecular complexity index is 259. The summed E-state index contributed by atoms with van der Waals surface area (Å²) in [5.74, 6) is -1.18. The van der Waals surface area contributed by atoms with E-state index in [1.165, 1.54) is 0 Å². The topological polar surface area (TPSA) is 107 Å². The second-order valence-corrected chi connectivity index (χ2v) is 4.85. The van der Waals surface area contributed by atoms with Crippen molar-refractivity contribution in [2.75, 3.05) is 0 Å². The van der Waals surface area contributed by atoms with E-state index in [1.807, 2.05) is 6.92 Å². The number of aliphatic carboxylic acids is 1. The van der Waals surface area contributed by atoms with E-state index < -0.39 is 23.7 Å². The fraction of sp³-hybridized carbons (Fsp3) is 0.818. The molecule has 0 radical (unpaired) electrons. The summed E-state index contributed by atoms with van der Waals surface area (Å²) in [6, 6.07) is -0.903. The van der Waals surface area contributed by atoms with E-state index in [4.69, 9.17) is 9.84 Å². The molecule has 0 bridgehead atoms. The maximum Gasteiger partial charge on any atom is 0.408 e. The van der Waals surface area contributed by atoms with Crippen molar-refractivity contribution in [3.63, 3.8) is 0 Å². The molecule has 0 aromatic carbocycles. The van der Waals surface area contributed by atoms with E-state index in [2.05, 4.69) is 5.32 Å². The van der Waals surface area contributed by atoms with Crippen molar-refractivity contribution in [3.8, 4) is 0 Å². The largest absolute Gasteiger partial charge is 0.480 e. The molecule has 1 amide bonds. The molecule has 2 atom stereocenters. The second kappa shape index (κ2) is 7.11. The van der Waals surface area contributed by atoms with Crippen molar-refractivity contribution >= 4 is 12.1 Å². The molecule has 17 heavy (non-hydrogen) atoms. The zero-order valence-electron chi connectivity index (χ0n) is 11.0. The zero-order chi connectivity index (χ0) is 12.9. The Morgan fingerprint density at radius 3 is 2.12 bits per heavy atom. The second-order valence-electron chi connectivity index (χ2n) is 4.85. The molecule has 0 saturated heterocycles. The van der Waals surface area contributed by atoms with Crippen LogP contribution in [0.15, 0.2) is 0 Å². The number of carbonyl (C=O) groups excluding carboxylic acids is 1. The summed E-state index contributed by atoms with van der Waals surface area (Å²) in [5.41, 5.74) is -0.622. The molecule has 0 spiro atoms. The van der Waals surface area contributed by atoms with Crippen molar-refractivity contribution in [2.45, 2.75) is 52.7 Å². The SMILES string of the molecule is CC[C@H](C)[C@H](NC(=O)OC(C)(C)C)C(=O)O.O. The molecule has 6 heteroatoms. The summed E-state index contributed by atoms with van der Waals surface area (Å²) >= 11 is 0. The molecule has 0 aliphatic carbocycles. The van der Waals surface area contributed by atoms with E-state index in [1.54, 1.807) is 27.7 Å². The first-order valence-corrected chi connectivity index (χ1v) is 5.39. The van der Waals surface area contributed by atoms with Gasteiger partial charge in [-0.2, -0.15) is 0 Å². The van der Waals surface area contributed by atoms with Gasteiger partial charge in [0.05, 0.1) is 0 Å². The van der Waals surface area contributed by atoms with E-state index in [0.29, 0.717) is 6.42 Å². The Morgan fingerprint density at radius 1 is 1.35 bits per heavy atom. The fourth-order valence-electron chi connectivity index (χ4n) is 1.12. The van der Waals surface area contributed by atoms with Gasteiger partial charge >= 0.3 is 12.1 Å². The lowest BCUT2D eigenvalue weighted by molar-refractivity contribution is -0.140. The zero-order valence-corrected chi connectivity index (χ0v) is 11.0. The van der Waals surface area contributed by atoms with E-state index >= 15 is 0 Å². The summed E-state index contributed by atoms with van der Waals surface area (Å²) < 4.78 is 5.00. The van der Waals surface area contributed by atoms with Crippen molar-refractivity contribution in [3.05, 3.63) is 0 Å². The molecule has 0 heterocycles. The summed E-state index contributed by atoms with van der Waals surface area (Å²) in [5, 5.41) is 11.3. The third kappa shape index (κ3) is 7.57. The highest BCUT2D eigenvalue weighted by Gasteiger charge is 2.27. The van der Waals surface area contributed by atoms with E-state index in [-0.39, 0.29) is 11.4 Å². The lowest BCUT2D eigenvalue weighted by Gasteiger charge is -2.24. The molecule has 4 N–H and O–H groups in total. The van der Waals surface area contributed by atoms with E-state index in [0.717, 1.165) is 0 Å². The van der Waals surface area contributed by atoms with Crippen LogP contribution in [-0.2, 0) is 9.53 Å². The van der Waals surface area contributed by atoms with Gasteiger partial charge in [-0.1, -0.05) is 20.3 Å². The van der Waals surface area contributed by atoms with Crippen LogP contribution in [0.5, 0.6) is 0 Å². The Kier molecular flexibility index (Phi) is 7.56. The first-order chi connectivity index (χ1) is 7.17. The molecule has 6 nitrogen and oxygen atoms in total. The summed E-state index contributed by atoms with van der Waals surface area (Å²) in [6.45, 7) is 8.83. The lowest BCUT2D eigenvalue weighted by Crippen LogP contribution is -2.46. The van der Waals surface area contributed by atoms with Gasteiger partial charge in [0.15, 0.2) is 0 Å². The maximum absolute atomic E-state index is 11.4. The number of carboxylic acids is 1. The Balaban J connectivity index is 0. The lowest BCUT2D eigenvalue weighted by atomic mass is 10.00. The molecule has 0 rings (SSSR count). The normalized spacial score (nSPS) is 14.2. The Hall–Kier alpha value is -1.30. The van der Waals surface area contributed by atoms with Gasteiger partial charge in [0, 0.05) is 0 Å². The molecule has 0 aliphatic rings. The third-order valence-electron chi connectivity index (χ3n) is 2.15. The van der Waals surface area contributed by atoms with Crippen LogP contribution in [0.25, 0.3) is 0 Å². The predicted molar refractivity (Wildman–Crippen MR) is 63.9 cm³/mol. The van der Waals surface area contributed by atoms with Crippen LogP contribution in [0.1, 0.15) is 41.0 Å². The molecular formula is C11H23NO5. The van der Waals surface area contributed by atoms with Crippen LogP contribution < -0.4 is 5.32 Å². The van der Waals surface area contributed by atoms with Gasteiger partial charge in [0.2, 0.25) is 0 Å². The number of amides is 1. The van der Waals surface area contributed by atoms with Gasteiger partial charge in [0.1, 0.15) is 11.6 Å². The number of rotatable bonds is 4. The number of nitrogens with one attached hydrogen (secondary N) is 1. The number of hydrogen-bond acceptors (Lipinski definition) is 3. The minimum absolute atomic E-state index is 0. The molecule has 0 aliphatic heterocycles. The molecule has 0 fully saturated rings. The van der Waals surface area contributed by atoms with Gasteiger partial charge in [-0.3, -0.25) is 0 Å². The van der Waals surface area contributed by atoms with Crippen LogP contribution in [0.3, 0.4) is 0 Å². The quantitative estimate of drug-likeness (QED) is 0.780. The predicted octanol–water partition coefficient (Wildman–Crippen LogP) is 1.19. The smallest absolute Gasteiger partial charge is 0.408 e. The number of alkyl carbamates (subject to hydrolysis) is 1. The van der Waals surface area contributed by atoms with Crippen molar-refractivity contribution < 1.29 is 24.9 Å². The minimum atomic E-state index is -1.04. The molecule has 0 aromatic rings. The summed E-state index contributed by atoms with van der Waals surface area (Å²) in [6.07, 6.45) is -0.0209. The van der Waals surface area contributed by atoms with Gasteiger partial charge < -0.3 is 20.6 Å². The monoisotopic (exact) mass is 249 g/mol. The molecule has 102 valence electrons. The standard InChI is InChI=1S/C11H21NO4.H2O/c1-6-7(2)8(9(13)14)12-10(15)16-11(3,4)5;/h7-8H,6H2,1-5H3,(H,12,15)(H,13,14);1H2/t7-,8-;/m0./s1. The summed E-state index contributed by atoms with van der Waals surface area (Å²) in [4.78, 5) is 22.3. The van der Waals surface area contributed by atoms with Crippen molar-refractivity contribution in [2.24, 2.45) is 5.92 Å². The number of ether oxygens (including phenoxy) is 1. The summed E-state index contributed by atoms with van der Waals surface area (Å²) in [7, 11) is 0. The average Bonchev–Trinajstić information content (AvgIpc) is 2.09. The highest BCUT2D eigenvalue weighted by Crippen LogP contribution is 2.11. The molecule has 0 unspecified atom stereocenters. The number of carbonyl (C=O) groups is 2. The van der Waals surface area contributed by atoms with Gasteiger partial charge in [-0.05, 0) is 26.7 Å². The third-order valence-corrected chi connectivity index (χ3v) is 2.15. The van der Waals surface area contributed by atoms with Crippen LogP contribution in [0, 0.1) is 5.92 Å². The molecule has 0 aromatic heterocycles. The van der Waals surface area contributed by atoms with Crippen molar-refractivity contribution in [1.82, 2.24) is 5.32 Å². The Labute approximate surface area is 102 Å². The van der Waals surface area contributed by atoms with Crippen LogP contribution >= 0.6 is 0 Å². The van der Waals surface area contributed by atoms with Gasteiger partial charge in [0.25, 0.3) is 0 Å². The fourth-order valence-corrected chi connectivity index (χ4v) is 1.12. The maximum atomic E-state index is 11.4. The first-order valence-electron chi connectivity index (χ1n) is 5.39. The van der Waals surface area contributed by atoms with E-state index in [9.17, 15) is 9.59 Å². The minimum Gasteiger partial charge on any atom is -0.480 e. The Morgan fingerprint density at radius 2 is 1.82 bits per heavy atom. The van der Waals surface area contributed by atoms with Gasteiger partial charge in [-0.25, -0.2) is 9.59 Å². The van der Waals surface area contributed by atoms with Gasteiger partial charge in [-0.15, -0.1) is 0 Å². The van der Waals surface area contributed by atoms with Crippen molar-refractivity contribution in [1.29, 1.82) is 0 Å². The highest BCUT2D eigenvalue weighted by atomic mass is 16.6. The van der Waals surface area contributed by atoms with Crippen LogP contribution in [0.4, 0.5) is 4.79 Å². The molecule has 0 saturated carbocycles. The molecular weight excluding hydrogens is 226 g/mol. The average molecular weight is 249 g/mol. The van der Waals surface area contributed by atoms with Crippen LogP contribution in [0.2, 0.25) is 0 Å². The van der Waals surface area contributed by atoms with Crippen LogP contribution in [-0.4, -0.2) is 34.3 Å². The number of hydrogen-bond donors (Lipinski definition) is 2. The highest BCUT2D eigenvalue weighted by molar-refractivity contribution is 5.80. The first kappa shape index (κ1) is 18.1.